The van der Waals surface area contributed by atoms with E-state index in [1.165, 1.54) is 11.1 Å². The highest BCUT2D eigenvalue weighted by Gasteiger charge is 2.05. The van der Waals surface area contributed by atoms with E-state index in [2.05, 4.69) is 94.1 Å². The lowest BCUT2D eigenvalue weighted by Gasteiger charge is -2.02. The van der Waals surface area contributed by atoms with Gasteiger partial charge in [-0.15, -0.1) is 0 Å². The number of pyridine rings is 1. The van der Waals surface area contributed by atoms with Crippen molar-refractivity contribution in [1.29, 1.82) is 0 Å². The van der Waals surface area contributed by atoms with Gasteiger partial charge >= 0.3 is 0 Å². The van der Waals surface area contributed by atoms with Gasteiger partial charge in [0, 0.05) is 17.8 Å². The third kappa shape index (κ3) is 3.58. The molecule has 5 rings (SSSR count). The lowest BCUT2D eigenvalue weighted by Crippen LogP contribution is -1.79. The zero-order chi connectivity index (χ0) is 19.5. The third-order valence-corrected chi connectivity index (χ3v) is 5.06. The molecular formula is C26H19N3. The molecule has 0 amide bonds. The molecule has 0 aliphatic carbocycles. The van der Waals surface area contributed by atoms with Gasteiger partial charge in [-0.3, -0.25) is 10.1 Å². The summed E-state index contributed by atoms with van der Waals surface area (Å²) in [5.41, 5.74) is 7.85. The molecule has 0 aliphatic rings. The smallest absolute Gasteiger partial charge is 0.0927 e. The molecule has 0 saturated carbocycles. The Kier molecular flexibility index (Phi) is 4.47. The Bertz CT molecular complexity index is 1270. The van der Waals surface area contributed by atoms with Gasteiger partial charge in [0.1, 0.15) is 0 Å². The Hall–Kier alpha value is -3.98. The first-order valence-electron chi connectivity index (χ1n) is 9.59. The molecule has 0 unspecified atom stereocenters. The summed E-state index contributed by atoms with van der Waals surface area (Å²) < 4.78 is 0. The number of hydrogen-bond donors (Lipinski definition) is 1. The third-order valence-electron chi connectivity index (χ3n) is 5.06. The van der Waals surface area contributed by atoms with Crippen LogP contribution in [0.15, 0.2) is 97.3 Å². The van der Waals surface area contributed by atoms with Crippen LogP contribution in [-0.4, -0.2) is 15.2 Å². The number of aromatic nitrogens is 3. The lowest BCUT2D eigenvalue weighted by molar-refractivity contribution is 1.11. The van der Waals surface area contributed by atoms with Crippen molar-refractivity contribution in [3.05, 3.63) is 109 Å². The molecule has 5 aromatic rings. The van der Waals surface area contributed by atoms with Crippen LogP contribution in [0, 0.1) is 0 Å². The molecule has 0 atom stereocenters. The first-order chi connectivity index (χ1) is 14.4. The quantitative estimate of drug-likeness (QED) is 0.393. The predicted octanol–water partition coefficient (Wildman–Crippen LogP) is 6.46. The second kappa shape index (κ2) is 7.56. The van der Waals surface area contributed by atoms with Gasteiger partial charge in [0.15, 0.2) is 0 Å². The van der Waals surface area contributed by atoms with Gasteiger partial charge in [0.25, 0.3) is 0 Å². The van der Waals surface area contributed by atoms with Crippen LogP contribution in [0.25, 0.3) is 45.3 Å². The second-order valence-corrected chi connectivity index (χ2v) is 6.93. The fourth-order valence-corrected chi connectivity index (χ4v) is 3.48. The van der Waals surface area contributed by atoms with E-state index in [1.54, 1.807) is 0 Å². The molecular weight excluding hydrogens is 354 g/mol. The van der Waals surface area contributed by atoms with Crippen LogP contribution < -0.4 is 0 Å². The standard InChI is InChI=1S/C26H19N3/c1-2-4-20(5-3-1)21-9-6-19(7-10-21)8-13-25-24-12-11-23(18-26(24)29-28-25)22-14-16-27-17-15-22/h1-18H,(H,28,29). The molecule has 0 fully saturated rings. The van der Waals surface area contributed by atoms with Crippen molar-refractivity contribution < 1.29 is 0 Å². The van der Waals surface area contributed by atoms with E-state index in [9.17, 15) is 0 Å². The summed E-state index contributed by atoms with van der Waals surface area (Å²) in [4.78, 5) is 4.08. The molecule has 0 spiro atoms. The van der Waals surface area contributed by atoms with E-state index < -0.39 is 0 Å². The number of H-pyrrole nitrogens is 1. The highest BCUT2D eigenvalue weighted by atomic mass is 15.1. The van der Waals surface area contributed by atoms with E-state index in [0.717, 1.165) is 33.3 Å². The first-order valence-corrected chi connectivity index (χ1v) is 9.59. The molecule has 0 radical (unpaired) electrons. The summed E-state index contributed by atoms with van der Waals surface area (Å²) in [6.45, 7) is 0. The van der Waals surface area contributed by atoms with E-state index in [1.807, 2.05) is 30.6 Å². The van der Waals surface area contributed by atoms with Crippen LogP contribution in [0.1, 0.15) is 11.3 Å². The largest absolute Gasteiger partial charge is 0.277 e. The molecule has 3 heteroatoms. The molecule has 0 bridgehead atoms. The Morgan fingerprint density at radius 3 is 2.10 bits per heavy atom. The number of benzene rings is 3. The van der Waals surface area contributed by atoms with Crippen molar-refractivity contribution in [2.24, 2.45) is 0 Å². The van der Waals surface area contributed by atoms with Crippen molar-refractivity contribution in [2.75, 3.05) is 0 Å². The van der Waals surface area contributed by atoms with E-state index in [4.69, 9.17) is 0 Å². The fourth-order valence-electron chi connectivity index (χ4n) is 3.48. The van der Waals surface area contributed by atoms with Crippen LogP contribution in [0.4, 0.5) is 0 Å². The number of rotatable bonds is 4. The summed E-state index contributed by atoms with van der Waals surface area (Å²) in [5, 5.41) is 8.75. The van der Waals surface area contributed by atoms with E-state index in [0.29, 0.717) is 0 Å². The zero-order valence-electron chi connectivity index (χ0n) is 15.8. The summed E-state index contributed by atoms with van der Waals surface area (Å²) in [6.07, 6.45) is 7.77. The predicted molar refractivity (Wildman–Crippen MR) is 120 cm³/mol. The van der Waals surface area contributed by atoms with Gasteiger partial charge in [-0.25, -0.2) is 0 Å². The van der Waals surface area contributed by atoms with Gasteiger partial charge < -0.3 is 0 Å². The highest BCUT2D eigenvalue weighted by molar-refractivity contribution is 5.92. The minimum absolute atomic E-state index is 0.938. The molecule has 29 heavy (non-hydrogen) atoms. The van der Waals surface area contributed by atoms with Crippen molar-refractivity contribution in [2.45, 2.75) is 0 Å². The van der Waals surface area contributed by atoms with Crippen LogP contribution in [0.2, 0.25) is 0 Å². The molecule has 3 nitrogen and oxygen atoms in total. The minimum Gasteiger partial charge on any atom is -0.277 e. The summed E-state index contributed by atoms with van der Waals surface area (Å²) in [6, 6.07) is 29.4. The van der Waals surface area contributed by atoms with E-state index >= 15 is 0 Å². The van der Waals surface area contributed by atoms with Gasteiger partial charge in [0.05, 0.1) is 11.2 Å². The molecule has 0 aliphatic heterocycles. The summed E-state index contributed by atoms with van der Waals surface area (Å²) >= 11 is 0. The number of nitrogens with zero attached hydrogens (tertiary/aromatic N) is 2. The summed E-state index contributed by atoms with van der Waals surface area (Å²) in [5.74, 6) is 0. The van der Waals surface area contributed by atoms with Crippen LogP contribution in [0.5, 0.6) is 0 Å². The second-order valence-electron chi connectivity index (χ2n) is 6.93. The number of fused-ring (bicyclic) bond motifs is 1. The lowest BCUT2D eigenvalue weighted by atomic mass is 10.0. The maximum Gasteiger partial charge on any atom is 0.0927 e. The van der Waals surface area contributed by atoms with Gasteiger partial charge in [-0.05, 0) is 58.2 Å². The number of hydrogen-bond acceptors (Lipinski definition) is 2. The van der Waals surface area contributed by atoms with Gasteiger partial charge in [-0.1, -0.05) is 66.7 Å². The van der Waals surface area contributed by atoms with Crippen molar-refractivity contribution >= 4 is 23.1 Å². The number of nitrogens with one attached hydrogen (secondary N) is 1. The maximum atomic E-state index is 4.49. The SMILES string of the molecule is C(=Cc1n[nH]c2cc(-c3ccncc3)ccc12)c1ccc(-c2ccccc2)cc1. The highest BCUT2D eigenvalue weighted by Crippen LogP contribution is 2.26. The maximum absolute atomic E-state index is 4.49. The normalized spacial score (nSPS) is 11.3. The average molecular weight is 373 g/mol. The Morgan fingerprint density at radius 2 is 1.31 bits per heavy atom. The van der Waals surface area contributed by atoms with Gasteiger partial charge in [0.2, 0.25) is 0 Å². The molecule has 138 valence electrons. The zero-order valence-corrected chi connectivity index (χ0v) is 15.8. The Balaban J connectivity index is 1.39. The van der Waals surface area contributed by atoms with Crippen molar-refractivity contribution in [1.82, 2.24) is 15.2 Å². The Morgan fingerprint density at radius 1 is 0.621 bits per heavy atom. The van der Waals surface area contributed by atoms with Crippen LogP contribution in [0.3, 0.4) is 0 Å². The first kappa shape index (κ1) is 17.1. The van der Waals surface area contributed by atoms with Gasteiger partial charge in [-0.2, -0.15) is 5.10 Å². The van der Waals surface area contributed by atoms with Crippen LogP contribution in [-0.2, 0) is 0 Å². The average Bonchev–Trinajstić information content (AvgIpc) is 3.21. The summed E-state index contributed by atoms with van der Waals surface area (Å²) in [7, 11) is 0. The fraction of sp³-hybridized carbons (Fsp3) is 0. The molecule has 1 N–H and O–H groups in total. The molecule has 0 saturated heterocycles. The molecule has 2 aromatic heterocycles. The topological polar surface area (TPSA) is 41.6 Å². The number of aromatic amines is 1. The monoisotopic (exact) mass is 373 g/mol. The van der Waals surface area contributed by atoms with E-state index in [-0.39, 0.29) is 0 Å². The van der Waals surface area contributed by atoms with Crippen molar-refractivity contribution in [3.8, 4) is 22.3 Å². The molecule has 2 heterocycles. The van der Waals surface area contributed by atoms with Crippen molar-refractivity contribution in [3.63, 3.8) is 0 Å². The molecule has 3 aromatic carbocycles. The Labute approximate surface area is 169 Å². The van der Waals surface area contributed by atoms with Crippen LogP contribution >= 0.6 is 0 Å². The minimum atomic E-state index is 0.938.